The lowest BCUT2D eigenvalue weighted by molar-refractivity contribution is -0.127. The molecule has 1 N–H and O–H groups in total. The Morgan fingerprint density at radius 3 is 2.59 bits per heavy atom. The number of ether oxygens (including phenoxy) is 2. The van der Waals surface area contributed by atoms with E-state index in [1.807, 2.05) is 20.8 Å². The zero-order valence-corrected chi connectivity index (χ0v) is 10.9. The van der Waals surface area contributed by atoms with Crippen molar-refractivity contribution in [3.63, 3.8) is 0 Å². The molecule has 1 aliphatic rings. The highest BCUT2D eigenvalue weighted by molar-refractivity contribution is 5.81. The molecule has 0 unspecified atom stereocenters. The largest absolute Gasteiger partial charge is 0.444 e. The SMILES string of the molecule is CC(=O)[C@@H]1OCC[C@@H]1CNC(=O)OC(C)(C)C. The van der Waals surface area contributed by atoms with Gasteiger partial charge in [-0.05, 0) is 34.1 Å². The molecular weight excluding hydrogens is 222 g/mol. The van der Waals surface area contributed by atoms with Crippen molar-refractivity contribution in [2.24, 2.45) is 5.92 Å². The van der Waals surface area contributed by atoms with Crippen molar-refractivity contribution in [2.45, 2.75) is 45.8 Å². The molecular formula is C12H21NO4. The van der Waals surface area contributed by atoms with Crippen LogP contribution in [-0.2, 0) is 14.3 Å². The van der Waals surface area contributed by atoms with Gasteiger partial charge in [0.05, 0.1) is 0 Å². The van der Waals surface area contributed by atoms with Crippen LogP contribution in [0.25, 0.3) is 0 Å². The minimum absolute atomic E-state index is 0.0125. The number of nitrogens with one attached hydrogen (secondary N) is 1. The van der Waals surface area contributed by atoms with E-state index >= 15 is 0 Å². The summed E-state index contributed by atoms with van der Waals surface area (Å²) in [5.41, 5.74) is -0.504. The van der Waals surface area contributed by atoms with Crippen LogP contribution < -0.4 is 5.32 Å². The zero-order valence-electron chi connectivity index (χ0n) is 10.9. The van der Waals surface area contributed by atoms with Crippen LogP contribution in [0.15, 0.2) is 0 Å². The molecule has 1 fully saturated rings. The smallest absolute Gasteiger partial charge is 0.407 e. The van der Waals surface area contributed by atoms with Crippen molar-refractivity contribution >= 4 is 11.9 Å². The highest BCUT2D eigenvalue weighted by Crippen LogP contribution is 2.21. The summed E-state index contributed by atoms with van der Waals surface area (Å²) in [5.74, 6) is 0.0681. The molecule has 0 aromatic carbocycles. The second kappa shape index (κ2) is 5.49. The molecule has 5 heteroatoms. The van der Waals surface area contributed by atoms with Gasteiger partial charge in [0, 0.05) is 19.1 Å². The number of rotatable bonds is 3. The highest BCUT2D eigenvalue weighted by atomic mass is 16.6. The molecule has 1 heterocycles. The molecule has 0 spiro atoms. The summed E-state index contributed by atoms with van der Waals surface area (Å²) in [4.78, 5) is 22.7. The predicted molar refractivity (Wildman–Crippen MR) is 62.8 cm³/mol. The average Bonchev–Trinajstić information content (AvgIpc) is 2.59. The lowest BCUT2D eigenvalue weighted by Gasteiger charge is -2.21. The molecule has 1 amide bonds. The average molecular weight is 243 g/mol. The molecule has 0 aromatic heterocycles. The Labute approximate surface area is 102 Å². The predicted octanol–water partition coefficient (Wildman–Crippen LogP) is 1.51. The van der Waals surface area contributed by atoms with E-state index in [-0.39, 0.29) is 17.8 Å². The Hall–Kier alpha value is -1.10. The van der Waals surface area contributed by atoms with Crippen LogP contribution >= 0.6 is 0 Å². The van der Waals surface area contributed by atoms with E-state index < -0.39 is 11.7 Å². The fourth-order valence-corrected chi connectivity index (χ4v) is 1.82. The first kappa shape index (κ1) is 14.0. The van der Waals surface area contributed by atoms with Crippen LogP contribution in [0.2, 0.25) is 0 Å². The minimum Gasteiger partial charge on any atom is -0.444 e. The molecule has 1 aliphatic heterocycles. The van der Waals surface area contributed by atoms with E-state index in [0.29, 0.717) is 13.2 Å². The van der Waals surface area contributed by atoms with Crippen LogP contribution in [-0.4, -0.2) is 36.7 Å². The second-order valence-electron chi connectivity index (χ2n) is 5.33. The number of hydrogen-bond acceptors (Lipinski definition) is 4. The van der Waals surface area contributed by atoms with Gasteiger partial charge in [-0.2, -0.15) is 0 Å². The first-order valence-corrected chi connectivity index (χ1v) is 5.88. The Morgan fingerprint density at radius 1 is 1.41 bits per heavy atom. The number of ketones is 1. The van der Waals surface area contributed by atoms with Crippen LogP contribution in [0.1, 0.15) is 34.1 Å². The first-order valence-electron chi connectivity index (χ1n) is 5.88. The summed E-state index contributed by atoms with van der Waals surface area (Å²) < 4.78 is 10.4. The first-order chi connectivity index (χ1) is 7.79. The van der Waals surface area contributed by atoms with Gasteiger partial charge in [0.25, 0.3) is 0 Å². The zero-order chi connectivity index (χ0) is 13.1. The molecule has 0 saturated carbocycles. The van der Waals surface area contributed by atoms with Crippen molar-refractivity contribution in [3.8, 4) is 0 Å². The third kappa shape index (κ3) is 4.73. The minimum atomic E-state index is -0.504. The third-order valence-corrected chi connectivity index (χ3v) is 2.52. The maximum Gasteiger partial charge on any atom is 0.407 e. The molecule has 0 aromatic rings. The van der Waals surface area contributed by atoms with E-state index in [2.05, 4.69) is 5.32 Å². The van der Waals surface area contributed by atoms with Gasteiger partial charge < -0.3 is 14.8 Å². The van der Waals surface area contributed by atoms with E-state index in [1.165, 1.54) is 6.92 Å². The van der Waals surface area contributed by atoms with Gasteiger partial charge in [-0.25, -0.2) is 4.79 Å². The van der Waals surface area contributed by atoms with Crippen LogP contribution in [0.4, 0.5) is 4.79 Å². The van der Waals surface area contributed by atoms with Gasteiger partial charge in [-0.15, -0.1) is 0 Å². The quantitative estimate of drug-likeness (QED) is 0.816. The second-order valence-corrected chi connectivity index (χ2v) is 5.33. The molecule has 0 bridgehead atoms. The normalized spacial score (nSPS) is 24.5. The van der Waals surface area contributed by atoms with Crippen molar-refractivity contribution in [2.75, 3.05) is 13.2 Å². The van der Waals surface area contributed by atoms with E-state index in [4.69, 9.17) is 9.47 Å². The van der Waals surface area contributed by atoms with Crippen LogP contribution in [0.3, 0.4) is 0 Å². The lowest BCUT2D eigenvalue weighted by atomic mass is 9.99. The van der Waals surface area contributed by atoms with E-state index in [0.717, 1.165) is 6.42 Å². The number of hydrogen-bond donors (Lipinski definition) is 1. The van der Waals surface area contributed by atoms with Crippen molar-refractivity contribution in [1.29, 1.82) is 0 Å². The summed E-state index contributed by atoms with van der Waals surface area (Å²) in [6.45, 7) is 7.93. The standard InChI is InChI=1S/C12H21NO4/c1-8(14)10-9(5-6-16-10)7-13-11(15)17-12(2,3)4/h9-10H,5-7H2,1-4H3,(H,13,15)/t9-,10+/m1/s1. The number of carbonyl (C=O) groups excluding carboxylic acids is 2. The monoisotopic (exact) mass is 243 g/mol. The number of amides is 1. The van der Waals surface area contributed by atoms with Crippen LogP contribution in [0.5, 0.6) is 0 Å². The number of Topliss-reactive ketones (excluding diaryl/α,β-unsaturated/α-hetero) is 1. The summed E-state index contributed by atoms with van der Waals surface area (Å²) >= 11 is 0. The summed E-state index contributed by atoms with van der Waals surface area (Å²) in [6.07, 6.45) is -0.0447. The van der Waals surface area contributed by atoms with Crippen molar-refractivity contribution in [3.05, 3.63) is 0 Å². The number of carbonyl (C=O) groups is 2. The highest BCUT2D eigenvalue weighted by Gasteiger charge is 2.32. The fourth-order valence-electron chi connectivity index (χ4n) is 1.82. The number of alkyl carbamates (subject to hydrolysis) is 1. The van der Waals surface area contributed by atoms with Gasteiger partial charge in [-0.3, -0.25) is 4.79 Å². The molecule has 98 valence electrons. The van der Waals surface area contributed by atoms with Crippen molar-refractivity contribution in [1.82, 2.24) is 5.32 Å². The van der Waals surface area contributed by atoms with Gasteiger partial charge in [0.15, 0.2) is 5.78 Å². The van der Waals surface area contributed by atoms with Gasteiger partial charge >= 0.3 is 6.09 Å². The lowest BCUT2D eigenvalue weighted by Crippen LogP contribution is -2.38. The topological polar surface area (TPSA) is 64.6 Å². The van der Waals surface area contributed by atoms with Crippen LogP contribution in [0, 0.1) is 5.92 Å². The van der Waals surface area contributed by atoms with E-state index in [1.54, 1.807) is 0 Å². The summed E-state index contributed by atoms with van der Waals surface area (Å²) in [5, 5.41) is 2.67. The molecule has 17 heavy (non-hydrogen) atoms. The third-order valence-electron chi connectivity index (χ3n) is 2.52. The molecule has 0 radical (unpaired) electrons. The summed E-state index contributed by atoms with van der Waals surface area (Å²) in [7, 11) is 0. The maximum atomic E-state index is 11.4. The van der Waals surface area contributed by atoms with Crippen molar-refractivity contribution < 1.29 is 19.1 Å². The van der Waals surface area contributed by atoms with Gasteiger partial charge in [-0.1, -0.05) is 0 Å². The van der Waals surface area contributed by atoms with E-state index in [9.17, 15) is 9.59 Å². The summed E-state index contributed by atoms with van der Waals surface area (Å²) in [6, 6.07) is 0. The molecule has 1 rings (SSSR count). The maximum absolute atomic E-state index is 11.4. The Bertz CT molecular complexity index is 295. The molecule has 1 saturated heterocycles. The van der Waals surface area contributed by atoms with Gasteiger partial charge in [0.1, 0.15) is 11.7 Å². The Balaban J connectivity index is 2.35. The molecule has 0 aliphatic carbocycles. The van der Waals surface area contributed by atoms with Gasteiger partial charge in [0.2, 0.25) is 0 Å². The Kier molecular flexibility index (Phi) is 4.51. The molecule has 2 atom stereocenters. The fraction of sp³-hybridized carbons (Fsp3) is 0.833. The molecule has 5 nitrogen and oxygen atoms in total. The Morgan fingerprint density at radius 2 is 2.06 bits per heavy atom.